The Kier molecular flexibility index (Phi) is 5.29. The Hall–Kier alpha value is -1.75. The lowest BCUT2D eigenvalue weighted by molar-refractivity contribution is 0.0937. The molecule has 1 saturated heterocycles. The quantitative estimate of drug-likeness (QED) is 0.633. The van der Waals surface area contributed by atoms with Crippen molar-refractivity contribution in [2.75, 3.05) is 31.1 Å². The van der Waals surface area contributed by atoms with E-state index in [2.05, 4.69) is 4.90 Å². The maximum absolute atomic E-state index is 11.8. The van der Waals surface area contributed by atoms with Gasteiger partial charge in [0, 0.05) is 37.4 Å². The largest absolute Gasteiger partial charge is 0.430 e. The second-order valence-corrected chi connectivity index (χ2v) is 6.13. The summed E-state index contributed by atoms with van der Waals surface area (Å²) in [4.78, 5) is 26.7. The van der Waals surface area contributed by atoms with Crippen LogP contribution in [-0.4, -0.2) is 49.0 Å². The third-order valence-electron chi connectivity index (χ3n) is 3.85. The number of aldehydes is 1. The van der Waals surface area contributed by atoms with E-state index in [9.17, 15) is 9.59 Å². The van der Waals surface area contributed by atoms with Gasteiger partial charge in [0.1, 0.15) is 6.29 Å². The Morgan fingerprint density at radius 1 is 1.23 bits per heavy atom. The average molecular weight is 325 g/mol. The van der Waals surface area contributed by atoms with E-state index in [0.29, 0.717) is 13.1 Å². The number of carbonyl (C=O) groups excluding carboxylic acids is 2. The number of piperazine rings is 1. The third kappa shape index (κ3) is 3.71. The number of hydrogen-bond donors (Lipinski definition) is 0. The standard InChI is InChI=1S/C16H21ClN2O3/c1-11-9-15(12(2)8-14(11)10-20)18-4-6-19(7-5-18)16(21)22-13(3)17/h8-10,13H,4-7H2,1-3H3. The molecule has 1 aliphatic rings. The number of amides is 1. The highest BCUT2D eigenvalue weighted by Gasteiger charge is 2.24. The molecule has 1 atom stereocenters. The minimum absolute atomic E-state index is 0.369. The number of halogens is 1. The lowest BCUT2D eigenvalue weighted by Gasteiger charge is -2.36. The number of nitrogens with zero attached hydrogens (tertiary/aromatic N) is 2. The summed E-state index contributed by atoms with van der Waals surface area (Å²) in [6.45, 7) is 8.20. The lowest BCUT2D eigenvalue weighted by atomic mass is 10.0. The van der Waals surface area contributed by atoms with Crippen molar-refractivity contribution < 1.29 is 14.3 Å². The monoisotopic (exact) mass is 324 g/mol. The zero-order valence-electron chi connectivity index (χ0n) is 13.1. The van der Waals surface area contributed by atoms with Crippen LogP contribution >= 0.6 is 11.6 Å². The van der Waals surface area contributed by atoms with Crippen LogP contribution in [-0.2, 0) is 4.74 Å². The summed E-state index contributed by atoms with van der Waals surface area (Å²) in [6, 6.07) is 3.95. The van der Waals surface area contributed by atoms with Crippen molar-refractivity contribution >= 4 is 29.7 Å². The number of anilines is 1. The predicted octanol–water partition coefficient (Wildman–Crippen LogP) is 2.96. The smallest absolute Gasteiger partial charge is 0.411 e. The van der Waals surface area contributed by atoms with E-state index in [1.54, 1.807) is 11.8 Å². The second kappa shape index (κ2) is 7.01. The molecule has 0 aromatic heterocycles. The Labute approximate surface area is 135 Å². The summed E-state index contributed by atoms with van der Waals surface area (Å²) in [5.74, 6) is 0. The van der Waals surface area contributed by atoms with Crippen molar-refractivity contribution in [2.45, 2.75) is 26.3 Å². The maximum atomic E-state index is 11.8. The molecular weight excluding hydrogens is 304 g/mol. The van der Waals surface area contributed by atoms with Crippen LogP contribution < -0.4 is 4.90 Å². The summed E-state index contributed by atoms with van der Waals surface area (Å²) >= 11 is 5.67. The summed E-state index contributed by atoms with van der Waals surface area (Å²) in [6.07, 6.45) is 0.513. The number of alkyl halides is 1. The van der Waals surface area contributed by atoms with Gasteiger partial charge in [0.15, 0.2) is 5.56 Å². The highest BCUT2D eigenvalue weighted by Crippen LogP contribution is 2.25. The van der Waals surface area contributed by atoms with E-state index in [1.807, 2.05) is 26.0 Å². The fourth-order valence-electron chi connectivity index (χ4n) is 2.63. The van der Waals surface area contributed by atoms with Gasteiger partial charge >= 0.3 is 6.09 Å². The van der Waals surface area contributed by atoms with Gasteiger partial charge in [0.05, 0.1) is 0 Å². The van der Waals surface area contributed by atoms with Crippen molar-refractivity contribution in [1.29, 1.82) is 0 Å². The molecule has 0 aliphatic carbocycles. The van der Waals surface area contributed by atoms with E-state index < -0.39 is 5.56 Å². The number of aryl methyl sites for hydroxylation is 2. The van der Waals surface area contributed by atoms with Gasteiger partial charge in [-0.15, -0.1) is 0 Å². The summed E-state index contributed by atoms with van der Waals surface area (Å²) < 4.78 is 5.00. The van der Waals surface area contributed by atoms with E-state index in [4.69, 9.17) is 16.3 Å². The van der Waals surface area contributed by atoms with Crippen LogP contribution in [0.5, 0.6) is 0 Å². The first-order chi connectivity index (χ1) is 10.4. The van der Waals surface area contributed by atoms with Gasteiger partial charge in [-0.05, 0) is 44.0 Å². The number of rotatable bonds is 3. The van der Waals surface area contributed by atoms with E-state index in [1.165, 1.54) is 0 Å². The fourth-order valence-corrected chi connectivity index (χ4v) is 2.71. The SMILES string of the molecule is Cc1cc(N2CCN(C(=O)OC(C)Cl)CC2)c(C)cc1C=O. The fraction of sp³-hybridized carbons (Fsp3) is 0.500. The van der Waals surface area contributed by atoms with Crippen LogP contribution in [0, 0.1) is 13.8 Å². The molecule has 2 rings (SSSR count). The zero-order valence-corrected chi connectivity index (χ0v) is 13.9. The van der Waals surface area contributed by atoms with Crippen molar-refractivity contribution in [2.24, 2.45) is 0 Å². The zero-order chi connectivity index (χ0) is 16.3. The van der Waals surface area contributed by atoms with Gasteiger partial charge in [0.25, 0.3) is 0 Å². The van der Waals surface area contributed by atoms with E-state index in [-0.39, 0.29) is 6.09 Å². The number of benzene rings is 1. The Morgan fingerprint density at radius 2 is 1.86 bits per heavy atom. The topological polar surface area (TPSA) is 49.9 Å². The molecule has 0 bridgehead atoms. The van der Waals surface area contributed by atoms with E-state index in [0.717, 1.165) is 41.8 Å². The van der Waals surface area contributed by atoms with Crippen molar-refractivity contribution in [3.8, 4) is 0 Å². The Morgan fingerprint density at radius 3 is 2.41 bits per heavy atom. The van der Waals surface area contributed by atoms with Gasteiger partial charge in [0.2, 0.25) is 0 Å². The van der Waals surface area contributed by atoms with Crippen molar-refractivity contribution in [3.05, 3.63) is 28.8 Å². The molecule has 1 aromatic rings. The molecule has 5 nitrogen and oxygen atoms in total. The van der Waals surface area contributed by atoms with Gasteiger partial charge < -0.3 is 14.5 Å². The molecule has 6 heteroatoms. The molecular formula is C16H21ClN2O3. The Balaban J connectivity index is 2.04. The number of hydrogen-bond acceptors (Lipinski definition) is 4. The molecule has 0 spiro atoms. The summed E-state index contributed by atoms with van der Waals surface area (Å²) in [5.41, 5.74) is 3.25. The second-order valence-electron chi connectivity index (χ2n) is 5.51. The van der Waals surface area contributed by atoms with Crippen LogP contribution in [0.4, 0.5) is 10.5 Å². The Bertz CT molecular complexity index is 567. The summed E-state index contributed by atoms with van der Waals surface area (Å²) in [5, 5.41) is 0. The van der Waals surface area contributed by atoms with Crippen LogP contribution in [0.2, 0.25) is 0 Å². The minimum atomic E-state index is -0.619. The van der Waals surface area contributed by atoms with Crippen molar-refractivity contribution in [3.63, 3.8) is 0 Å². The molecule has 120 valence electrons. The maximum Gasteiger partial charge on any atom is 0.411 e. The molecule has 1 aromatic carbocycles. The first kappa shape index (κ1) is 16.6. The molecule has 0 N–H and O–H groups in total. The van der Waals surface area contributed by atoms with Gasteiger partial charge in [-0.2, -0.15) is 0 Å². The molecule has 0 radical (unpaired) electrons. The highest BCUT2D eigenvalue weighted by atomic mass is 35.5. The van der Waals surface area contributed by atoms with Gasteiger partial charge in [-0.3, -0.25) is 4.79 Å². The molecule has 1 aliphatic heterocycles. The first-order valence-corrected chi connectivity index (χ1v) is 7.77. The highest BCUT2D eigenvalue weighted by molar-refractivity contribution is 6.19. The lowest BCUT2D eigenvalue weighted by Crippen LogP contribution is -2.49. The van der Waals surface area contributed by atoms with Crippen LogP contribution in [0.15, 0.2) is 12.1 Å². The first-order valence-electron chi connectivity index (χ1n) is 7.33. The van der Waals surface area contributed by atoms with Crippen LogP contribution in [0.3, 0.4) is 0 Å². The predicted molar refractivity (Wildman–Crippen MR) is 86.9 cm³/mol. The normalized spacial score (nSPS) is 16.4. The molecule has 22 heavy (non-hydrogen) atoms. The molecule has 1 unspecified atom stereocenters. The molecule has 0 saturated carbocycles. The van der Waals surface area contributed by atoms with E-state index >= 15 is 0 Å². The van der Waals surface area contributed by atoms with Crippen LogP contribution in [0.1, 0.15) is 28.4 Å². The molecule has 1 amide bonds. The van der Waals surface area contributed by atoms with Gasteiger partial charge in [-0.1, -0.05) is 11.6 Å². The number of ether oxygens (including phenoxy) is 1. The summed E-state index contributed by atoms with van der Waals surface area (Å²) in [7, 11) is 0. The van der Waals surface area contributed by atoms with Crippen molar-refractivity contribution in [1.82, 2.24) is 4.90 Å². The molecule has 1 heterocycles. The third-order valence-corrected chi connectivity index (χ3v) is 3.94. The van der Waals surface area contributed by atoms with Crippen LogP contribution in [0.25, 0.3) is 0 Å². The average Bonchev–Trinajstić information content (AvgIpc) is 2.48. The number of carbonyl (C=O) groups is 2. The van der Waals surface area contributed by atoms with Gasteiger partial charge in [-0.25, -0.2) is 4.79 Å². The minimum Gasteiger partial charge on any atom is -0.430 e. The molecule has 1 fully saturated rings.